The van der Waals surface area contributed by atoms with Crippen LogP contribution in [0.15, 0.2) is 0 Å². The molecular weight excluding hydrogens is 184 g/mol. The number of nitrogens with zero attached hydrogens (tertiary/aromatic N) is 1. The molecule has 2 heteroatoms. The average Bonchev–Trinajstić information content (AvgIpc) is 2.11. The zero-order valence-electron chi connectivity index (χ0n) is 11.7. The Balaban J connectivity index is 4.54. The van der Waals surface area contributed by atoms with Gasteiger partial charge >= 0.3 is 0 Å². The highest BCUT2D eigenvalue weighted by Gasteiger charge is 2.29. The molecule has 0 aliphatic heterocycles. The third kappa shape index (κ3) is 4.98. The van der Waals surface area contributed by atoms with Crippen molar-refractivity contribution in [2.75, 3.05) is 13.6 Å². The molecule has 0 spiro atoms. The van der Waals surface area contributed by atoms with Crippen molar-refractivity contribution in [3.8, 4) is 0 Å². The lowest BCUT2D eigenvalue weighted by Gasteiger charge is -2.42. The van der Waals surface area contributed by atoms with Crippen LogP contribution in [0.25, 0.3) is 0 Å². The SMILES string of the molecule is CCC(C)(C)N(C)C(CN)CC(C)(C)C. The minimum Gasteiger partial charge on any atom is -0.329 e. The summed E-state index contributed by atoms with van der Waals surface area (Å²) in [5, 5.41) is 0. The van der Waals surface area contributed by atoms with Crippen molar-refractivity contribution >= 4 is 0 Å². The molecule has 0 aromatic carbocycles. The summed E-state index contributed by atoms with van der Waals surface area (Å²) in [5.41, 5.74) is 6.49. The first-order valence-corrected chi connectivity index (χ1v) is 6.07. The first-order chi connectivity index (χ1) is 6.64. The first-order valence-electron chi connectivity index (χ1n) is 6.07. The monoisotopic (exact) mass is 214 g/mol. The van der Waals surface area contributed by atoms with Crippen LogP contribution in [0.5, 0.6) is 0 Å². The summed E-state index contributed by atoms with van der Waals surface area (Å²) in [6.45, 7) is 14.4. The third-order valence-electron chi connectivity index (χ3n) is 3.49. The van der Waals surface area contributed by atoms with Gasteiger partial charge in [-0.15, -0.1) is 0 Å². The summed E-state index contributed by atoms with van der Waals surface area (Å²) < 4.78 is 0. The van der Waals surface area contributed by atoms with E-state index in [-0.39, 0.29) is 5.54 Å². The molecule has 0 bridgehead atoms. The van der Waals surface area contributed by atoms with E-state index >= 15 is 0 Å². The largest absolute Gasteiger partial charge is 0.329 e. The highest BCUT2D eigenvalue weighted by atomic mass is 15.2. The van der Waals surface area contributed by atoms with Gasteiger partial charge in [0.05, 0.1) is 0 Å². The zero-order valence-corrected chi connectivity index (χ0v) is 11.7. The van der Waals surface area contributed by atoms with Gasteiger partial charge in [-0.05, 0) is 39.2 Å². The van der Waals surface area contributed by atoms with E-state index < -0.39 is 0 Å². The van der Waals surface area contributed by atoms with Gasteiger partial charge in [0.25, 0.3) is 0 Å². The predicted octanol–water partition coefficient (Wildman–Crippen LogP) is 2.87. The van der Waals surface area contributed by atoms with Crippen LogP contribution in [0.2, 0.25) is 0 Å². The van der Waals surface area contributed by atoms with Crippen LogP contribution < -0.4 is 5.73 Å². The molecule has 2 N–H and O–H groups in total. The summed E-state index contributed by atoms with van der Waals surface area (Å²) in [5.74, 6) is 0. The second-order valence-corrected chi connectivity index (χ2v) is 6.43. The van der Waals surface area contributed by atoms with Crippen molar-refractivity contribution in [3.05, 3.63) is 0 Å². The summed E-state index contributed by atoms with van der Waals surface area (Å²) in [7, 11) is 2.20. The van der Waals surface area contributed by atoms with E-state index in [1.807, 2.05) is 0 Å². The Hall–Kier alpha value is -0.0800. The highest BCUT2D eigenvalue weighted by molar-refractivity contribution is 4.86. The van der Waals surface area contributed by atoms with Gasteiger partial charge in [-0.2, -0.15) is 0 Å². The number of rotatable bonds is 5. The maximum Gasteiger partial charge on any atom is 0.0225 e. The quantitative estimate of drug-likeness (QED) is 0.762. The molecular formula is C13H30N2. The second-order valence-electron chi connectivity index (χ2n) is 6.43. The van der Waals surface area contributed by atoms with Crippen LogP contribution in [-0.4, -0.2) is 30.1 Å². The van der Waals surface area contributed by atoms with Gasteiger partial charge in [0.1, 0.15) is 0 Å². The maximum absolute atomic E-state index is 5.89. The molecule has 0 heterocycles. The van der Waals surface area contributed by atoms with Crippen LogP contribution >= 0.6 is 0 Å². The third-order valence-corrected chi connectivity index (χ3v) is 3.49. The van der Waals surface area contributed by atoms with E-state index in [4.69, 9.17) is 5.73 Å². The lowest BCUT2D eigenvalue weighted by molar-refractivity contribution is 0.0762. The molecule has 1 unspecified atom stereocenters. The lowest BCUT2D eigenvalue weighted by atomic mass is 9.85. The van der Waals surface area contributed by atoms with E-state index in [1.165, 1.54) is 0 Å². The normalized spacial score (nSPS) is 15.8. The summed E-state index contributed by atoms with van der Waals surface area (Å²) >= 11 is 0. The molecule has 92 valence electrons. The van der Waals surface area contributed by atoms with E-state index in [9.17, 15) is 0 Å². The highest BCUT2D eigenvalue weighted by Crippen LogP contribution is 2.27. The van der Waals surface area contributed by atoms with E-state index in [1.54, 1.807) is 0 Å². The topological polar surface area (TPSA) is 29.3 Å². The Kier molecular flexibility index (Phi) is 5.28. The molecule has 0 aliphatic rings. The molecule has 0 radical (unpaired) electrons. The first kappa shape index (κ1) is 14.9. The number of likely N-dealkylation sites (N-methyl/N-ethyl adjacent to an activating group) is 1. The Labute approximate surface area is 96.2 Å². The van der Waals surface area contributed by atoms with Gasteiger partial charge in [-0.1, -0.05) is 27.7 Å². The van der Waals surface area contributed by atoms with Gasteiger partial charge < -0.3 is 5.73 Å². The molecule has 15 heavy (non-hydrogen) atoms. The standard InChI is InChI=1S/C13H30N2/c1-8-13(5,6)15(7)11(10-14)9-12(2,3)4/h11H,8-10,14H2,1-7H3. The number of hydrogen-bond acceptors (Lipinski definition) is 2. The van der Waals surface area contributed by atoms with E-state index in [0.29, 0.717) is 11.5 Å². The van der Waals surface area contributed by atoms with Gasteiger partial charge in [0, 0.05) is 18.1 Å². The van der Waals surface area contributed by atoms with Crippen LogP contribution in [0, 0.1) is 5.41 Å². The van der Waals surface area contributed by atoms with Crippen molar-refractivity contribution in [2.45, 2.75) is 66.0 Å². The Morgan fingerprint density at radius 2 is 1.60 bits per heavy atom. The van der Waals surface area contributed by atoms with Crippen molar-refractivity contribution < 1.29 is 0 Å². The molecule has 2 nitrogen and oxygen atoms in total. The molecule has 0 saturated heterocycles. The van der Waals surface area contributed by atoms with Crippen LogP contribution in [0.3, 0.4) is 0 Å². The Morgan fingerprint density at radius 1 is 1.13 bits per heavy atom. The molecule has 0 saturated carbocycles. The van der Waals surface area contributed by atoms with Crippen LogP contribution in [0.4, 0.5) is 0 Å². The summed E-state index contributed by atoms with van der Waals surface area (Å²) in [4.78, 5) is 2.44. The zero-order chi connectivity index (χ0) is 12.3. The molecule has 0 amide bonds. The van der Waals surface area contributed by atoms with Crippen LogP contribution in [0.1, 0.15) is 54.4 Å². The fourth-order valence-corrected chi connectivity index (χ4v) is 1.83. The van der Waals surface area contributed by atoms with Gasteiger partial charge in [0.15, 0.2) is 0 Å². The Bertz CT molecular complexity index is 179. The second kappa shape index (κ2) is 5.31. The number of nitrogens with two attached hydrogens (primary N) is 1. The molecule has 1 atom stereocenters. The average molecular weight is 214 g/mol. The minimum absolute atomic E-state index is 0.245. The predicted molar refractivity (Wildman–Crippen MR) is 69.0 cm³/mol. The lowest BCUT2D eigenvalue weighted by Crippen LogP contribution is -2.51. The smallest absolute Gasteiger partial charge is 0.0225 e. The molecule has 0 rings (SSSR count). The van der Waals surface area contributed by atoms with E-state index in [2.05, 4.69) is 53.5 Å². The van der Waals surface area contributed by atoms with E-state index in [0.717, 1.165) is 19.4 Å². The number of hydrogen-bond donors (Lipinski definition) is 1. The van der Waals surface area contributed by atoms with Crippen LogP contribution in [-0.2, 0) is 0 Å². The van der Waals surface area contributed by atoms with Crippen molar-refractivity contribution in [1.29, 1.82) is 0 Å². The van der Waals surface area contributed by atoms with Crippen molar-refractivity contribution in [1.82, 2.24) is 4.90 Å². The van der Waals surface area contributed by atoms with Gasteiger partial charge in [0.2, 0.25) is 0 Å². The van der Waals surface area contributed by atoms with Gasteiger partial charge in [-0.25, -0.2) is 0 Å². The maximum atomic E-state index is 5.89. The van der Waals surface area contributed by atoms with Crippen molar-refractivity contribution in [3.63, 3.8) is 0 Å². The molecule has 0 aliphatic carbocycles. The summed E-state index contributed by atoms with van der Waals surface area (Å²) in [6, 6.07) is 0.486. The summed E-state index contributed by atoms with van der Waals surface area (Å²) in [6.07, 6.45) is 2.31. The Morgan fingerprint density at radius 3 is 1.87 bits per heavy atom. The molecule has 0 aromatic heterocycles. The molecule has 0 aromatic rings. The molecule has 0 fully saturated rings. The fraction of sp³-hybridized carbons (Fsp3) is 1.00. The van der Waals surface area contributed by atoms with Gasteiger partial charge in [-0.3, -0.25) is 4.90 Å². The van der Waals surface area contributed by atoms with Crippen molar-refractivity contribution in [2.24, 2.45) is 11.1 Å². The minimum atomic E-state index is 0.245. The fourth-order valence-electron chi connectivity index (χ4n) is 1.83.